The summed E-state index contributed by atoms with van der Waals surface area (Å²) in [6.07, 6.45) is 9.36. The molecule has 0 aromatic carbocycles. The third-order valence-electron chi connectivity index (χ3n) is 5.39. The zero-order valence-corrected chi connectivity index (χ0v) is 13.5. The minimum Gasteiger partial charge on any atom is -0.385 e. The van der Waals surface area contributed by atoms with Crippen molar-refractivity contribution in [3.63, 3.8) is 0 Å². The fourth-order valence-corrected chi connectivity index (χ4v) is 4.37. The molecule has 2 aliphatic carbocycles. The van der Waals surface area contributed by atoms with Gasteiger partial charge in [0.1, 0.15) is 0 Å². The predicted octanol–water partition coefficient (Wildman–Crippen LogP) is 3.24. The van der Waals surface area contributed by atoms with Crippen LogP contribution >= 0.6 is 0 Å². The van der Waals surface area contributed by atoms with Crippen LogP contribution in [-0.4, -0.2) is 40.0 Å². The van der Waals surface area contributed by atoms with Crippen LogP contribution in [0.3, 0.4) is 0 Å². The molecule has 3 unspecified atom stereocenters. The summed E-state index contributed by atoms with van der Waals surface area (Å²) >= 11 is 0. The van der Waals surface area contributed by atoms with Gasteiger partial charge in [0.2, 0.25) is 0 Å². The fraction of sp³-hybridized carbons (Fsp3) is 1.00. The Kier molecular flexibility index (Phi) is 6.79. The molecule has 2 aliphatic rings. The van der Waals surface area contributed by atoms with Crippen LogP contribution < -0.4 is 5.32 Å². The number of hydrogen-bond acceptors (Lipinski definition) is 3. The Hall–Kier alpha value is -0.120. The van der Waals surface area contributed by atoms with Crippen molar-refractivity contribution < 1.29 is 9.47 Å². The minimum absolute atomic E-state index is 0.541. The van der Waals surface area contributed by atoms with Crippen molar-refractivity contribution in [1.82, 2.24) is 5.32 Å². The molecule has 3 nitrogen and oxygen atoms in total. The monoisotopic (exact) mass is 283 g/mol. The highest BCUT2D eigenvalue weighted by Crippen LogP contribution is 2.57. The van der Waals surface area contributed by atoms with E-state index in [1.807, 2.05) is 0 Å². The third kappa shape index (κ3) is 4.19. The van der Waals surface area contributed by atoms with Crippen molar-refractivity contribution in [3.8, 4) is 0 Å². The molecule has 2 rings (SSSR count). The van der Waals surface area contributed by atoms with Gasteiger partial charge in [-0.25, -0.2) is 0 Å². The van der Waals surface area contributed by atoms with E-state index >= 15 is 0 Å². The standard InChI is InChI=1S/C17H33NO2/c1-3-8-18-14-17(7-11-20-10-4-9-19-2)13-15-5-6-16(17)12-15/h15-16,18H,3-14H2,1-2H3. The first-order valence-electron chi connectivity index (χ1n) is 8.58. The Morgan fingerprint density at radius 3 is 2.75 bits per heavy atom. The Labute approximate surface area is 124 Å². The zero-order valence-electron chi connectivity index (χ0n) is 13.5. The highest BCUT2D eigenvalue weighted by molar-refractivity contribution is 5.01. The van der Waals surface area contributed by atoms with Gasteiger partial charge in [0.15, 0.2) is 0 Å². The lowest BCUT2D eigenvalue weighted by Gasteiger charge is -2.38. The first-order chi connectivity index (χ1) is 9.80. The van der Waals surface area contributed by atoms with E-state index < -0.39 is 0 Å². The first kappa shape index (κ1) is 16.3. The molecular formula is C17H33NO2. The second-order valence-electron chi connectivity index (χ2n) is 6.83. The van der Waals surface area contributed by atoms with Crippen LogP contribution in [-0.2, 0) is 9.47 Å². The second-order valence-corrected chi connectivity index (χ2v) is 6.83. The average Bonchev–Trinajstić information content (AvgIpc) is 3.04. The van der Waals surface area contributed by atoms with E-state index in [-0.39, 0.29) is 0 Å². The summed E-state index contributed by atoms with van der Waals surface area (Å²) in [6, 6.07) is 0. The summed E-state index contributed by atoms with van der Waals surface area (Å²) in [4.78, 5) is 0. The highest BCUT2D eigenvalue weighted by Gasteiger charge is 2.49. The Morgan fingerprint density at radius 1 is 1.20 bits per heavy atom. The number of hydrogen-bond donors (Lipinski definition) is 1. The van der Waals surface area contributed by atoms with Crippen LogP contribution in [0.5, 0.6) is 0 Å². The summed E-state index contributed by atoms with van der Waals surface area (Å²) in [5.74, 6) is 1.97. The Morgan fingerprint density at radius 2 is 2.10 bits per heavy atom. The average molecular weight is 283 g/mol. The van der Waals surface area contributed by atoms with Gasteiger partial charge in [-0.15, -0.1) is 0 Å². The summed E-state index contributed by atoms with van der Waals surface area (Å²) < 4.78 is 10.9. The molecule has 2 saturated carbocycles. The van der Waals surface area contributed by atoms with Gasteiger partial charge >= 0.3 is 0 Å². The summed E-state index contributed by atoms with van der Waals surface area (Å²) in [6.45, 7) is 7.21. The van der Waals surface area contributed by atoms with E-state index in [1.165, 1.54) is 45.1 Å². The van der Waals surface area contributed by atoms with Crippen LogP contribution in [0.1, 0.15) is 51.9 Å². The van der Waals surface area contributed by atoms with Crippen molar-refractivity contribution in [2.45, 2.75) is 51.9 Å². The topological polar surface area (TPSA) is 30.5 Å². The van der Waals surface area contributed by atoms with E-state index in [4.69, 9.17) is 9.47 Å². The van der Waals surface area contributed by atoms with Crippen LogP contribution in [0.2, 0.25) is 0 Å². The van der Waals surface area contributed by atoms with E-state index in [0.717, 1.165) is 44.6 Å². The number of nitrogens with one attached hydrogen (secondary N) is 1. The molecule has 118 valence electrons. The van der Waals surface area contributed by atoms with Gasteiger partial charge in [0.05, 0.1) is 0 Å². The number of ether oxygens (including phenoxy) is 2. The lowest BCUT2D eigenvalue weighted by Crippen LogP contribution is -2.40. The molecule has 2 bridgehead atoms. The minimum atomic E-state index is 0.541. The zero-order chi connectivity index (χ0) is 14.3. The fourth-order valence-electron chi connectivity index (χ4n) is 4.37. The van der Waals surface area contributed by atoms with Crippen molar-refractivity contribution in [2.24, 2.45) is 17.3 Å². The molecule has 3 atom stereocenters. The molecule has 20 heavy (non-hydrogen) atoms. The van der Waals surface area contributed by atoms with Gasteiger partial charge in [-0.05, 0) is 62.3 Å². The Bertz CT molecular complexity index is 272. The second kappa shape index (κ2) is 8.35. The van der Waals surface area contributed by atoms with Gasteiger partial charge in [0.25, 0.3) is 0 Å². The van der Waals surface area contributed by atoms with Gasteiger partial charge in [0, 0.05) is 33.5 Å². The van der Waals surface area contributed by atoms with Crippen LogP contribution in [0.25, 0.3) is 0 Å². The quantitative estimate of drug-likeness (QED) is 0.591. The summed E-state index contributed by atoms with van der Waals surface area (Å²) in [5, 5.41) is 3.69. The van der Waals surface area contributed by atoms with Crippen molar-refractivity contribution in [2.75, 3.05) is 40.0 Å². The van der Waals surface area contributed by atoms with E-state index in [0.29, 0.717) is 5.41 Å². The molecule has 2 fully saturated rings. The first-order valence-corrected chi connectivity index (χ1v) is 8.58. The van der Waals surface area contributed by atoms with Crippen LogP contribution in [0, 0.1) is 17.3 Å². The highest BCUT2D eigenvalue weighted by atomic mass is 16.5. The molecule has 0 aliphatic heterocycles. The molecule has 0 spiro atoms. The largest absolute Gasteiger partial charge is 0.385 e. The van der Waals surface area contributed by atoms with Gasteiger partial charge in [-0.2, -0.15) is 0 Å². The van der Waals surface area contributed by atoms with E-state index in [9.17, 15) is 0 Å². The summed E-state index contributed by atoms with van der Waals surface area (Å²) in [5.41, 5.74) is 0.541. The van der Waals surface area contributed by atoms with E-state index in [2.05, 4.69) is 12.2 Å². The molecule has 0 amide bonds. The van der Waals surface area contributed by atoms with Crippen molar-refractivity contribution in [3.05, 3.63) is 0 Å². The number of rotatable bonds is 11. The molecule has 0 saturated heterocycles. The predicted molar refractivity (Wildman–Crippen MR) is 83.0 cm³/mol. The van der Waals surface area contributed by atoms with Crippen LogP contribution in [0.4, 0.5) is 0 Å². The van der Waals surface area contributed by atoms with Crippen LogP contribution in [0.15, 0.2) is 0 Å². The lowest BCUT2D eigenvalue weighted by atomic mass is 9.71. The molecule has 0 radical (unpaired) electrons. The number of methoxy groups -OCH3 is 1. The van der Waals surface area contributed by atoms with Gasteiger partial charge in [-0.3, -0.25) is 0 Å². The maximum atomic E-state index is 5.83. The molecular weight excluding hydrogens is 250 g/mol. The molecule has 0 aromatic heterocycles. The third-order valence-corrected chi connectivity index (χ3v) is 5.39. The maximum absolute atomic E-state index is 5.83. The lowest BCUT2D eigenvalue weighted by molar-refractivity contribution is 0.0534. The normalized spacial score (nSPS) is 32.1. The summed E-state index contributed by atoms with van der Waals surface area (Å²) in [7, 11) is 1.75. The SMILES string of the molecule is CCCNCC1(CCOCCCOC)CC2CCC1C2. The van der Waals surface area contributed by atoms with Crippen molar-refractivity contribution >= 4 is 0 Å². The number of fused-ring (bicyclic) bond motifs is 2. The molecule has 0 heterocycles. The molecule has 3 heteroatoms. The smallest absolute Gasteiger partial charge is 0.0487 e. The van der Waals surface area contributed by atoms with Gasteiger partial charge in [-0.1, -0.05) is 13.3 Å². The van der Waals surface area contributed by atoms with Crippen molar-refractivity contribution in [1.29, 1.82) is 0 Å². The Balaban J connectivity index is 1.72. The molecule has 1 N–H and O–H groups in total. The van der Waals surface area contributed by atoms with Gasteiger partial charge < -0.3 is 14.8 Å². The van der Waals surface area contributed by atoms with E-state index in [1.54, 1.807) is 7.11 Å². The molecule has 0 aromatic rings. The maximum Gasteiger partial charge on any atom is 0.0487 e.